The molecule has 1 aromatic carbocycles. The predicted octanol–water partition coefficient (Wildman–Crippen LogP) is 4.39. The first-order valence-electron chi connectivity index (χ1n) is 7.47. The van der Waals surface area contributed by atoms with E-state index in [9.17, 15) is 0 Å². The zero-order valence-electron chi connectivity index (χ0n) is 13.2. The van der Waals surface area contributed by atoms with Crippen molar-refractivity contribution in [1.29, 1.82) is 0 Å². The molecule has 0 atom stereocenters. The minimum Gasteiger partial charge on any atom is -0.357 e. The molecule has 0 amide bonds. The van der Waals surface area contributed by atoms with Crippen molar-refractivity contribution in [2.24, 2.45) is 7.05 Å². The summed E-state index contributed by atoms with van der Waals surface area (Å²) < 4.78 is 7.09. The average molecular weight is 394 g/mol. The van der Waals surface area contributed by atoms with Crippen molar-refractivity contribution in [2.45, 2.75) is 17.5 Å². The van der Waals surface area contributed by atoms with E-state index >= 15 is 0 Å². The van der Waals surface area contributed by atoms with Crippen molar-refractivity contribution in [3.05, 3.63) is 57.5 Å². The number of nitrogens with zero attached hydrogens (tertiary/aromatic N) is 5. The fourth-order valence-corrected chi connectivity index (χ4v) is 4.19. The molecule has 0 bridgehead atoms. The molecule has 6 nitrogen and oxygen atoms in total. The number of benzene rings is 1. The Kier molecular flexibility index (Phi) is 4.45. The summed E-state index contributed by atoms with van der Waals surface area (Å²) in [6, 6.07) is 5.50. The van der Waals surface area contributed by atoms with Crippen LogP contribution in [0.15, 0.2) is 40.3 Å². The highest BCUT2D eigenvalue weighted by Gasteiger charge is 2.20. The zero-order chi connectivity index (χ0) is 17.4. The number of fused-ring (bicyclic) bond motifs is 1. The monoisotopic (exact) mass is 393 g/mol. The van der Waals surface area contributed by atoms with Gasteiger partial charge in [-0.25, -0.2) is 0 Å². The fourth-order valence-electron chi connectivity index (χ4n) is 2.55. The molecule has 2 aromatic heterocycles. The van der Waals surface area contributed by atoms with Crippen molar-refractivity contribution in [1.82, 2.24) is 19.9 Å². The van der Waals surface area contributed by atoms with E-state index in [1.807, 2.05) is 47.0 Å². The molecule has 3 heterocycles. The van der Waals surface area contributed by atoms with Gasteiger partial charge in [-0.2, -0.15) is 0 Å². The second kappa shape index (κ2) is 6.74. The van der Waals surface area contributed by atoms with E-state index in [4.69, 9.17) is 27.7 Å². The third-order valence-electron chi connectivity index (χ3n) is 3.90. The summed E-state index contributed by atoms with van der Waals surface area (Å²) in [6.45, 7) is 0.641. The fraction of sp³-hybridized carbons (Fsp3) is 0.188. The molecule has 1 aliphatic rings. The largest absolute Gasteiger partial charge is 0.357 e. The average Bonchev–Trinajstić information content (AvgIpc) is 3.20. The molecular formula is C16H13Cl2N5OS. The summed E-state index contributed by atoms with van der Waals surface area (Å²) in [5.41, 5.74) is 1.91. The zero-order valence-corrected chi connectivity index (χ0v) is 15.5. The lowest BCUT2D eigenvalue weighted by molar-refractivity contribution is 0.411. The van der Waals surface area contributed by atoms with Crippen LogP contribution in [0.5, 0.6) is 0 Å². The number of hydrogen-bond acceptors (Lipinski definition) is 6. The maximum absolute atomic E-state index is 6.23. The maximum atomic E-state index is 6.23. The molecular weight excluding hydrogens is 381 g/mol. The third kappa shape index (κ3) is 3.15. The van der Waals surface area contributed by atoms with E-state index in [2.05, 4.69) is 15.4 Å². The van der Waals surface area contributed by atoms with Crippen LogP contribution in [0.4, 0.5) is 5.95 Å². The van der Waals surface area contributed by atoms with Crippen LogP contribution in [-0.2, 0) is 19.3 Å². The molecule has 1 aliphatic heterocycles. The van der Waals surface area contributed by atoms with Crippen LogP contribution >= 0.6 is 35.0 Å². The highest BCUT2D eigenvalue weighted by Crippen LogP contribution is 2.32. The van der Waals surface area contributed by atoms with Crippen molar-refractivity contribution < 1.29 is 4.52 Å². The molecule has 9 heteroatoms. The second-order valence-corrected chi connectivity index (χ2v) is 7.25. The molecule has 0 saturated heterocycles. The van der Waals surface area contributed by atoms with Gasteiger partial charge in [-0.1, -0.05) is 46.2 Å². The molecule has 4 rings (SSSR count). The predicted molar refractivity (Wildman–Crippen MR) is 98.7 cm³/mol. The molecule has 0 spiro atoms. The molecule has 0 unspecified atom stereocenters. The van der Waals surface area contributed by atoms with E-state index in [0.717, 1.165) is 28.0 Å². The van der Waals surface area contributed by atoms with E-state index < -0.39 is 0 Å². The Morgan fingerprint density at radius 3 is 2.84 bits per heavy atom. The molecule has 0 aliphatic carbocycles. The highest BCUT2D eigenvalue weighted by atomic mass is 35.5. The molecule has 128 valence electrons. The molecule has 3 aromatic rings. The first-order valence-corrected chi connectivity index (χ1v) is 9.21. The number of hydrogen-bond donors (Lipinski definition) is 0. The van der Waals surface area contributed by atoms with Gasteiger partial charge >= 0.3 is 0 Å². The molecule has 0 saturated carbocycles. The van der Waals surface area contributed by atoms with Crippen LogP contribution in [-0.4, -0.2) is 19.9 Å². The summed E-state index contributed by atoms with van der Waals surface area (Å²) in [7, 11) is 1.93. The van der Waals surface area contributed by atoms with E-state index in [1.54, 1.807) is 6.20 Å². The highest BCUT2D eigenvalue weighted by molar-refractivity contribution is 7.98. The van der Waals surface area contributed by atoms with Gasteiger partial charge in [0.15, 0.2) is 10.9 Å². The van der Waals surface area contributed by atoms with Gasteiger partial charge in [-0.3, -0.25) is 4.57 Å². The summed E-state index contributed by atoms with van der Waals surface area (Å²) in [5, 5.41) is 14.5. The Hall–Kier alpha value is -1.96. The third-order valence-corrected chi connectivity index (χ3v) is 5.65. The van der Waals surface area contributed by atoms with Crippen molar-refractivity contribution >= 4 is 47.0 Å². The molecule has 25 heavy (non-hydrogen) atoms. The smallest absolute Gasteiger partial charge is 0.232 e. The number of aromatic nitrogens is 4. The van der Waals surface area contributed by atoms with Crippen molar-refractivity contribution in [3.8, 4) is 0 Å². The van der Waals surface area contributed by atoms with Crippen LogP contribution in [0.2, 0.25) is 10.0 Å². The van der Waals surface area contributed by atoms with Gasteiger partial charge < -0.3 is 9.42 Å². The van der Waals surface area contributed by atoms with E-state index in [1.165, 1.54) is 11.8 Å². The minimum absolute atomic E-state index is 0.621. The Morgan fingerprint density at radius 1 is 1.24 bits per heavy atom. The summed E-state index contributed by atoms with van der Waals surface area (Å²) in [5.74, 6) is 2.15. The number of rotatable bonds is 4. The number of halogens is 2. The lowest BCUT2D eigenvalue weighted by Crippen LogP contribution is -2.21. The standard InChI is InChI=1S/C16H13Cl2N5OS/c1-22-15(23-6-5-14-10(8-23)7-19-24-14)20-21-16(22)25-9-11-12(17)3-2-4-13(11)18/h2-7H,8-9H2,1H3. The maximum Gasteiger partial charge on any atom is 0.232 e. The quantitative estimate of drug-likeness (QED) is 0.612. The van der Waals surface area contributed by atoms with Gasteiger partial charge in [0, 0.05) is 40.7 Å². The van der Waals surface area contributed by atoms with Crippen molar-refractivity contribution in [2.75, 3.05) is 4.90 Å². The van der Waals surface area contributed by atoms with Crippen molar-refractivity contribution in [3.63, 3.8) is 0 Å². The Bertz CT molecular complexity index is 932. The minimum atomic E-state index is 0.621. The number of thioether (sulfide) groups is 1. The molecule has 0 N–H and O–H groups in total. The Morgan fingerprint density at radius 2 is 2.04 bits per heavy atom. The van der Waals surface area contributed by atoms with Crippen LogP contribution in [0.1, 0.15) is 16.9 Å². The van der Waals surface area contributed by atoms with Gasteiger partial charge in [0.05, 0.1) is 12.7 Å². The Balaban J connectivity index is 1.52. The normalized spacial score (nSPS) is 13.3. The van der Waals surface area contributed by atoms with Crippen LogP contribution in [0, 0.1) is 0 Å². The Labute approximate surface area is 158 Å². The summed E-state index contributed by atoms with van der Waals surface area (Å²) in [6.07, 6.45) is 5.50. The number of anilines is 1. The summed E-state index contributed by atoms with van der Waals surface area (Å²) in [4.78, 5) is 2.00. The van der Waals surface area contributed by atoms with E-state index in [0.29, 0.717) is 22.3 Å². The van der Waals surface area contributed by atoms with Crippen LogP contribution < -0.4 is 4.90 Å². The lowest BCUT2D eigenvalue weighted by Gasteiger charge is -2.20. The molecule has 0 radical (unpaired) electrons. The van der Waals surface area contributed by atoms with E-state index in [-0.39, 0.29) is 0 Å². The van der Waals surface area contributed by atoms with Gasteiger partial charge in [-0.15, -0.1) is 10.2 Å². The molecule has 0 fully saturated rings. The van der Waals surface area contributed by atoms with Gasteiger partial charge in [0.1, 0.15) is 0 Å². The second-order valence-electron chi connectivity index (χ2n) is 5.49. The topological polar surface area (TPSA) is 60.0 Å². The first-order chi connectivity index (χ1) is 12.1. The lowest BCUT2D eigenvalue weighted by atomic mass is 10.2. The first kappa shape index (κ1) is 16.5. The van der Waals surface area contributed by atoms with Crippen LogP contribution in [0.3, 0.4) is 0 Å². The van der Waals surface area contributed by atoms with Gasteiger partial charge in [-0.05, 0) is 17.7 Å². The van der Waals surface area contributed by atoms with Crippen LogP contribution in [0.25, 0.3) is 6.08 Å². The van der Waals surface area contributed by atoms with Gasteiger partial charge in [0.25, 0.3) is 0 Å². The SMILES string of the molecule is Cn1c(SCc2c(Cl)cccc2Cl)nnc1N1C=Cc2oncc2C1. The summed E-state index contributed by atoms with van der Waals surface area (Å²) >= 11 is 14.0. The van der Waals surface area contributed by atoms with Gasteiger partial charge in [0.2, 0.25) is 5.95 Å².